The van der Waals surface area contributed by atoms with Gasteiger partial charge in [-0.25, -0.2) is 4.39 Å². The highest BCUT2D eigenvalue weighted by atomic mass is 35.5. The zero-order valence-electron chi connectivity index (χ0n) is 11.9. The quantitative estimate of drug-likeness (QED) is 0.743. The maximum atomic E-state index is 13.5. The van der Waals surface area contributed by atoms with Gasteiger partial charge in [-0.2, -0.15) is 0 Å². The average Bonchev–Trinajstić information content (AvgIpc) is 2.51. The number of benzene rings is 1. The maximum Gasteiger partial charge on any atom is 0.313 e. The third kappa shape index (κ3) is 4.18. The van der Waals surface area contributed by atoms with E-state index in [0.717, 1.165) is 31.7 Å². The van der Waals surface area contributed by atoms with Crippen LogP contribution >= 0.6 is 11.6 Å². The number of aliphatic hydroxyl groups excluding tert-OH is 1. The second-order valence-corrected chi connectivity index (χ2v) is 5.82. The molecule has 2 amide bonds. The van der Waals surface area contributed by atoms with E-state index in [1.54, 1.807) is 0 Å². The van der Waals surface area contributed by atoms with Gasteiger partial charge in [0.2, 0.25) is 0 Å². The van der Waals surface area contributed by atoms with E-state index >= 15 is 0 Å². The summed E-state index contributed by atoms with van der Waals surface area (Å²) in [6.07, 6.45) is 3.46. The van der Waals surface area contributed by atoms with E-state index in [4.69, 9.17) is 11.6 Å². The van der Waals surface area contributed by atoms with E-state index in [9.17, 15) is 19.1 Å². The maximum absolute atomic E-state index is 13.5. The molecule has 0 heterocycles. The Balaban J connectivity index is 1.97. The summed E-state index contributed by atoms with van der Waals surface area (Å²) in [5, 5.41) is 14.4. The van der Waals surface area contributed by atoms with Gasteiger partial charge < -0.3 is 15.7 Å². The standard InChI is InChI=1S/C15H18ClFN2O3/c16-10-5-6-11(17)13(7-10)19-15(22)14(21)18-12-4-2-1-3-9(12)8-20/h5-7,9,12,20H,1-4,8H2,(H,18,21)(H,19,22). The number of anilines is 1. The van der Waals surface area contributed by atoms with Crippen LogP contribution in [0.1, 0.15) is 25.7 Å². The highest BCUT2D eigenvalue weighted by molar-refractivity contribution is 6.40. The van der Waals surface area contributed by atoms with Crippen LogP contribution in [0.5, 0.6) is 0 Å². The van der Waals surface area contributed by atoms with Crippen molar-refractivity contribution in [2.24, 2.45) is 5.92 Å². The first-order chi connectivity index (χ1) is 10.5. The summed E-state index contributed by atoms with van der Waals surface area (Å²) >= 11 is 5.73. The lowest BCUT2D eigenvalue weighted by atomic mass is 9.85. The summed E-state index contributed by atoms with van der Waals surface area (Å²) in [7, 11) is 0. The minimum atomic E-state index is -0.955. The van der Waals surface area contributed by atoms with Crippen LogP contribution in [0.3, 0.4) is 0 Å². The Morgan fingerprint density at radius 3 is 2.73 bits per heavy atom. The lowest BCUT2D eigenvalue weighted by Gasteiger charge is -2.30. The summed E-state index contributed by atoms with van der Waals surface area (Å²) in [6, 6.07) is 3.46. The molecule has 120 valence electrons. The minimum Gasteiger partial charge on any atom is -0.396 e. The molecule has 1 aliphatic rings. The zero-order valence-corrected chi connectivity index (χ0v) is 12.7. The molecule has 2 rings (SSSR count). The van der Waals surface area contributed by atoms with Crippen molar-refractivity contribution in [3.05, 3.63) is 29.0 Å². The monoisotopic (exact) mass is 328 g/mol. The van der Waals surface area contributed by atoms with Crippen LogP contribution in [-0.4, -0.2) is 29.6 Å². The molecule has 0 saturated heterocycles. The molecule has 3 N–H and O–H groups in total. The highest BCUT2D eigenvalue weighted by Gasteiger charge is 2.28. The van der Waals surface area contributed by atoms with Crippen LogP contribution in [0, 0.1) is 11.7 Å². The van der Waals surface area contributed by atoms with Gasteiger partial charge in [0.15, 0.2) is 0 Å². The summed E-state index contributed by atoms with van der Waals surface area (Å²) in [5.74, 6) is -2.52. The number of hydrogen-bond donors (Lipinski definition) is 3. The molecule has 0 radical (unpaired) electrons. The summed E-state index contributed by atoms with van der Waals surface area (Å²) < 4.78 is 13.5. The molecule has 7 heteroatoms. The van der Waals surface area contributed by atoms with E-state index in [1.807, 2.05) is 0 Å². The largest absolute Gasteiger partial charge is 0.396 e. The Labute approximate surface area is 132 Å². The average molecular weight is 329 g/mol. The van der Waals surface area contributed by atoms with Crippen molar-refractivity contribution in [3.8, 4) is 0 Å². The number of aliphatic hydroxyl groups is 1. The molecule has 1 fully saturated rings. The molecule has 1 aromatic rings. The van der Waals surface area contributed by atoms with E-state index in [-0.39, 0.29) is 29.3 Å². The smallest absolute Gasteiger partial charge is 0.313 e. The van der Waals surface area contributed by atoms with Crippen molar-refractivity contribution in [3.63, 3.8) is 0 Å². The number of nitrogens with one attached hydrogen (secondary N) is 2. The van der Waals surface area contributed by atoms with Crippen LogP contribution in [-0.2, 0) is 9.59 Å². The van der Waals surface area contributed by atoms with Gasteiger partial charge in [-0.3, -0.25) is 9.59 Å². The van der Waals surface area contributed by atoms with Gasteiger partial charge in [-0.15, -0.1) is 0 Å². The minimum absolute atomic E-state index is 0.0323. The van der Waals surface area contributed by atoms with E-state index in [2.05, 4.69) is 10.6 Å². The highest BCUT2D eigenvalue weighted by Crippen LogP contribution is 2.24. The first-order valence-corrected chi connectivity index (χ1v) is 7.57. The lowest BCUT2D eigenvalue weighted by molar-refractivity contribution is -0.137. The number of carbonyl (C=O) groups excluding carboxylic acids is 2. The predicted molar refractivity (Wildman–Crippen MR) is 81.0 cm³/mol. The molecule has 0 aliphatic heterocycles. The van der Waals surface area contributed by atoms with Gasteiger partial charge in [0.25, 0.3) is 0 Å². The number of halogens is 2. The molecular weight excluding hydrogens is 311 g/mol. The van der Waals surface area contributed by atoms with Crippen molar-refractivity contribution in [1.29, 1.82) is 0 Å². The van der Waals surface area contributed by atoms with Crippen molar-refractivity contribution < 1.29 is 19.1 Å². The third-order valence-electron chi connectivity index (χ3n) is 3.84. The molecule has 5 nitrogen and oxygen atoms in total. The lowest BCUT2D eigenvalue weighted by Crippen LogP contribution is -2.47. The van der Waals surface area contributed by atoms with Crippen LogP contribution in [0.4, 0.5) is 10.1 Å². The molecule has 2 atom stereocenters. The Morgan fingerprint density at radius 2 is 2.00 bits per heavy atom. The first kappa shape index (κ1) is 16.7. The molecule has 0 aromatic heterocycles. The molecule has 22 heavy (non-hydrogen) atoms. The van der Waals surface area contributed by atoms with Gasteiger partial charge in [0.1, 0.15) is 5.82 Å². The summed E-state index contributed by atoms with van der Waals surface area (Å²) in [6.45, 7) is -0.0323. The van der Waals surface area contributed by atoms with E-state index in [1.165, 1.54) is 12.1 Å². The molecule has 1 aliphatic carbocycles. The third-order valence-corrected chi connectivity index (χ3v) is 4.08. The van der Waals surface area contributed by atoms with Crippen LogP contribution in [0.25, 0.3) is 0 Å². The number of rotatable bonds is 3. The van der Waals surface area contributed by atoms with Crippen molar-refractivity contribution >= 4 is 29.1 Å². The molecule has 0 bridgehead atoms. The van der Waals surface area contributed by atoms with Crippen LogP contribution in [0.2, 0.25) is 5.02 Å². The van der Waals surface area contributed by atoms with Gasteiger partial charge in [0, 0.05) is 23.6 Å². The Hall–Kier alpha value is -1.66. The second-order valence-electron chi connectivity index (χ2n) is 5.39. The zero-order chi connectivity index (χ0) is 16.1. The van der Waals surface area contributed by atoms with Crippen molar-refractivity contribution in [2.45, 2.75) is 31.7 Å². The summed E-state index contributed by atoms with van der Waals surface area (Å²) in [5.41, 5.74) is -0.144. The molecule has 0 spiro atoms. The fourth-order valence-corrected chi connectivity index (χ4v) is 2.79. The van der Waals surface area contributed by atoms with Crippen molar-refractivity contribution in [2.75, 3.05) is 11.9 Å². The Morgan fingerprint density at radius 1 is 1.27 bits per heavy atom. The predicted octanol–water partition coefficient (Wildman–Crippen LogP) is 2.08. The van der Waals surface area contributed by atoms with E-state index in [0.29, 0.717) is 0 Å². The Bertz CT molecular complexity index is 568. The summed E-state index contributed by atoms with van der Waals surface area (Å²) in [4.78, 5) is 23.8. The van der Waals surface area contributed by atoms with Crippen molar-refractivity contribution in [1.82, 2.24) is 5.32 Å². The van der Waals surface area contributed by atoms with Crippen LogP contribution in [0.15, 0.2) is 18.2 Å². The number of amides is 2. The fourth-order valence-electron chi connectivity index (χ4n) is 2.62. The van der Waals surface area contributed by atoms with Gasteiger partial charge >= 0.3 is 11.8 Å². The first-order valence-electron chi connectivity index (χ1n) is 7.19. The fraction of sp³-hybridized carbons (Fsp3) is 0.467. The molecular formula is C15H18ClFN2O3. The van der Waals surface area contributed by atoms with Gasteiger partial charge in [0.05, 0.1) is 5.69 Å². The Kier molecular flexibility index (Phi) is 5.74. The topological polar surface area (TPSA) is 78.4 Å². The number of hydrogen-bond acceptors (Lipinski definition) is 3. The number of carbonyl (C=O) groups is 2. The molecule has 2 unspecified atom stereocenters. The molecule has 1 aromatic carbocycles. The molecule has 1 saturated carbocycles. The normalized spacial score (nSPS) is 21.2. The van der Waals surface area contributed by atoms with Gasteiger partial charge in [-0.1, -0.05) is 24.4 Å². The second kappa shape index (κ2) is 7.56. The SMILES string of the molecule is O=C(Nc1cc(Cl)ccc1F)C(=O)NC1CCCCC1CO. The van der Waals surface area contributed by atoms with Crippen LogP contribution < -0.4 is 10.6 Å². The van der Waals surface area contributed by atoms with E-state index < -0.39 is 17.6 Å². The van der Waals surface area contributed by atoms with Gasteiger partial charge in [-0.05, 0) is 31.0 Å².